The number of ether oxygens (including phenoxy) is 3. The van der Waals surface area contributed by atoms with Crippen molar-refractivity contribution in [3.63, 3.8) is 0 Å². The van der Waals surface area contributed by atoms with Crippen molar-refractivity contribution in [2.24, 2.45) is 0 Å². The van der Waals surface area contributed by atoms with E-state index in [1.807, 2.05) is 39.0 Å². The minimum Gasteiger partial charge on any atom is -0.475 e. The Bertz CT molecular complexity index is 1210. The molecule has 0 amide bonds. The fraction of sp³-hybridized carbons (Fsp3) is 0.483. The number of benzene rings is 1. The van der Waals surface area contributed by atoms with E-state index in [1.165, 1.54) is 7.11 Å². The number of hydrogen-bond acceptors (Lipinski definition) is 8. The second-order valence-electron chi connectivity index (χ2n) is 9.21. The van der Waals surface area contributed by atoms with Crippen molar-refractivity contribution < 1.29 is 19.0 Å². The third-order valence-corrected chi connectivity index (χ3v) is 7.09. The van der Waals surface area contributed by atoms with Gasteiger partial charge in [0.05, 0.1) is 18.2 Å². The Kier molecular flexibility index (Phi) is 10.6. The minimum atomic E-state index is -0.742. The Morgan fingerprint density at radius 2 is 1.76 bits per heavy atom. The first-order chi connectivity index (χ1) is 18.3. The molecule has 0 aliphatic heterocycles. The molecular formula is C29H37ClN4O4. The number of pyridine rings is 1. The first-order valence-electron chi connectivity index (χ1n) is 13.1. The average molecular weight is 541 g/mol. The summed E-state index contributed by atoms with van der Waals surface area (Å²) in [4.78, 5) is 30.9. The van der Waals surface area contributed by atoms with E-state index in [0.717, 1.165) is 18.4 Å². The van der Waals surface area contributed by atoms with E-state index in [4.69, 9.17) is 25.8 Å². The van der Waals surface area contributed by atoms with Crippen LogP contribution >= 0.6 is 11.6 Å². The molecule has 9 heteroatoms. The van der Waals surface area contributed by atoms with Crippen LogP contribution in [0.2, 0.25) is 5.02 Å². The monoisotopic (exact) mass is 540 g/mol. The Balaban J connectivity index is 1.87. The fourth-order valence-electron chi connectivity index (χ4n) is 4.38. The molecule has 0 unspecified atom stereocenters. The molecule has 3 aromatic rings. The Morgan fingerprint density at radius 1 is 1.03 bits per heavy atom. The molecule has 0 saturated carbocycles. The molecule has 2 aromatic heterocycles. The summed E-state index contributed by atoms with van der Waals surface area (Å²) in [5.74, 6) is 1.41. The highest BCUT2D eigenvalue weighted by molar-refractivity contribution is 6.33. The molecule has 0 N–H and O–H groups in total. The van der Waals surface area contributed by atoms with Crippen LogP contribution in [0.5, 0.6) is 11.9 Å². The van der Waals surface area contributed by atoms with Gasteiger partial charge in [0.1, 0.15) is 5.60 Å². The standard InChI is InChI=1S/C29H37ClN4O4/c1-7-10-19(4)38-25-16-13-21(18-31-25)26-32-27(34-28(33-26)36-5)22-17-20(11-14-23(22)30)12-15-24(35)29(8-2,9-3)37-6/h11,13-14,16-19H,7-10,12,15H2,1-6H3/t19-/m1/s1. The maximum Gasteiger partial charge on any atom is 0.320 e. The van der Waals surface area contributed by atoms with Crippen LogP contribution in [0.15, 0.2) is 36.5 Å². The van der Waals surface area contributed by atoms with E-state index >= 15 is 0 Å². The summed E-state index contributed by atoms with van der Waals surface area (Å²) in [6.07, 6.45) is 5.93. The van der Waals surface area contributed by atoms with Crippen LogP contribution in [0.25, 0.3) is 22.8 Å². The Labute approximate surface area is 230 Å². The van der Waals surface area contributed by atoms with Gasteiger partial charge in [-0.2, -0.15) is 9.97 Å². The lowest BCUT2D eigenvalue weighted by Crippen LogP contribution is -2.39. The van der Waals surface area contributed by atoms with Crippen molar-refractivity contribution in [1.29, 1.82) is 0 Å². The van der Waals surface area contributed by atoms with E-state index in [9.17, 15) is 4.79 Å². The molecule has 38 heavy (non-hydrogen) atoms. The topological polar surface area (TPSA) is 96.3 Å². The number of aryl methyl sites for hydroxylation is 1. The number of ketones is 1. The number of hydrogen-bond donors (Lipinski definition) is 0. The van der Waals surface area contributed by atoms with Gasteiger partial charge in [-0.1, -0.05) is 44.9 Å². The highest BCUT2D eigenvalue weighted by Crippen LogP contribution is 2.30. The number of methoxy groups -OCH3 is 2. The SMILES string of the molecule is CCC[C@@H](C)Oc1ccc(-c2nc(OC)nc(-c3cc(CCC(=O)C(CC)(CC)OC)ccc3Cl)n2)cn1. The molecule has 0 bridgehead atoms. The van der Waals surface area contributed by atoms with Crippen molar-refractivity contribution >= 4 is 17.4 Å². The van der Waals surface area contributed by atoms with Gasteiger partial charge in [0, 0.05) is 36.9 Å². The lowest BCUT2D eigenvalue weighted by atomic mass is 9.88. The van der Waals surface area contributed by atoms with Crippen LogP contribution in [-0.4, -0.2) is 51.6 Å². The quantitative estimate of drug-likeness (QED) is 0.227. The van der Waals surface area contributed by atoms with Crippen LogP contribution in [0.3, 0.4) is 0 Å². The number of Topliss-reactive ketones (excluding diaryl/α,β-unsaturated/α-hetero) is 1. The van der Waals surface area contributed by atoms with Crippen molar-refractivity contribution in [3.8, 4) is 34.7 Å². The van der Waals surface area contributed by atoms with Crippen molar-refractivity contribution in [2.45, 2.75) is 77.9 Å². The maximum atomic E-state index is 12.9. The van der Waals surface area contributed by atoms with Gasteiger partial charge in [0.2, 0.25) is 5.88 Å². The van der Waals surface area contributed by atoms with Crippen LogP contribution in [-0.2, 0) is 16.0 Å². The van der Waals surface area contributed by atoms with Gasteiger partial charge in [-0.05, 0) is 56.4 Å². The molecule has 0 spiro atoms. The molecule has 2 heterocycles. The zero-order chi connectivity index (χ0) is 27.7. The molecule has 0 aliphatic carbocycles. The normalized spacial score (nSPS) is 12.3. The third-order valence-electron chi connectivity index (χ3n) is 6.76. The Hall–Kier alpha value is -3.10. The van der Waals surface area contributed by atoms with E-state index < -0.39 is 5.60 Å². The number of rotatable bonds is 14. The molecular weight excluding hydrogens is 504 g/mol. The average Bonchev–Trinajstić information content (AvgIpc) is 2.94. The van der Waals surface area contributed by atoms with E-state index in [0.29, 0.717) is 59.4 Å². The molecule has 8 nitrogen and oxygen atoms in total. The molecule has 1 aromatic carbocycles. The summed E-state index contributed by atoms with van der Waals surface area (Å²) in [7, 11) is 3.10. The highest BCUT2D eigenvalue weighted by Gasteiger charge is 2.33. The number of carbonyl (C=O) groups excluding carboxylic acids is 1. The predicted octanol–water partition coefficient (Wildman–Crippen LogP) is 6.54. The smallest absolute Gasteiger partial charge is 0.320 e. The minimum absolute atomic E-state index is 0.0850. The molecule has 0 saturated heterocycles. The molecule has 0 aliphatic rings. The van der Waals surface area contributed by atoms with E-state index in [1.54, 1.807) is 25.4 Å². The van der Waals surface area contributed by atoms with Gasteiger partial charge in [-0.3, -0.25) is 4.79 Å². The number of halogens is 1. The van der Waals surface area contributed by atoms with Gasteiger partial charge in [-0.15, -0.1) is 0 Å². The third kappa shape index (κ3) is 7.05. The van der Waals surface area contributed by atoms with E-state index in [2.05, 4.69) is 26.9 Å². The van der Waals surface area contributed by atoms with Crippen molar-refractivity contribution in [3.05, 3.63) is 47.1 Å². The van der Waals surface area contributed by atoms with Crippen LogP contribution < -0.4 is 9.47 Å². The van der Waals surface area contributed by atoms with Gasteiger partial charge < -0.3 is 14.2 Å². The molecule has 0 fully saturated rings. The summed E-state index contributed by atoms with van der Waals surface area (Å²) in [5, 5.41) is 0.486. The second-order valence-corrected chi connectivity index (χ2v) is 9.62. The second kappa shape index (κ2) is 13.6. The van der Waals surface area contributed by atoms with Crippen molar-refractivity contribution in [1.82, 2.24) is 19.9 Å². The zero-order valence-corrected chi connectivity index (χ0v) is 23.8. The Morgan fingerprint density at radius 3 is 2.37 bits per heavy atom. The lowest BCUT2D eigenvalue weighted by Gasteiger charge is -2.28. The summed E-state index contributed by atoms with van der Waals surface area (Å²) in [5.41, 5.74) is 1.52. The highest BCUT2D eigenvalue weighted by atomic mass is 35.5. The largest absolute Gasteiger partial charge is 0.475 e. The number of nitrogens with zero attached hydrogens (tertiary/aromatic N) is 4. The number of aromatic nitrogens is 4. The maximum absolute atomic E-state index is 12.9. The first-order valence-corrected chi connectivity index (χ1v) is 13.5. The summed E-state index contributed by atoms with van der Waals surface area (Å²) < 4.78 is 16.8. The summed E-state index contributed by atoms with van der Waals surface area (Å²) in [6.45, 7) is 8.09. The van der Waals surface area contributed by atoms with Gasteiger partial charge in [-0.25, -0.2) is 9.97 Å². The summed E-state index contributed by atoms with van der Waals surface area (Å²) >= 11 is 6.57. The predicted molar refractivity (Wildman–Crippen MR) is 149 cm³/mol. The van der Waals surface area contributed by atoms with Crippen LogP contribution in [0, 0.1) is 0 Å². The van der Waals surface area contributed by atoms with Gasteiger partial charge in [0.25, 0.3) is 0 Å². The molecule has 1 atom stereocenters. The molecule has 3 rings (SSSR count). The van der Waals surface area contributed by atoms with Crippen LogP contribution in [0.4, 0.5) is 0 Å². The lowest BCUT2D eigenvalue weighted by molar-refractivity contribution is -0.142. The summed E-state index contributed by atoms with van der Waals surface area (Å²) in [6, 6.07) is 9.43. The van der Waals surface area contributed by atoms with E-state index in [-0.39, 0.29) is 17.9 Å². The fourth-order valence-corrected chi connectivity index (χ4v) is 4.59. The zero-order valence-electron chi connectivity index (χ0n) is 23.1. The van der Waals surface area contributed by atoms with Gasteiger partial charge >= 0.3 is 6.01 Å². The van der Waals surface area contributed by atoms with Crippen molar-refractivity contribution in [2.75, 3.05) is 14.2 Å². The first kappa shape index (κ1) is 29.5. The molecule has 204 valence electrons. The number of carbonyl (C=O) groups is 1. The van der Waals surface area contributed by atoms with Crippen LogP contribution in [0.1, 0.15) is 65.4 Å². The van der Waals surface area contributed by atoms with Gasteiger partial charge in [0.15, 0.2) is 17.4 Å². The molecule has 0 radical (unpaired) electrons.